The summed E-state index contributed by atoms with van der Waals surface area (Å²) in [6.45, 7) is 2.67. The molecule has 0 saturated carbocycles. The number of likely N-dealkylation sites (tertiary alicyclic amines) is 1. The number of carboxylic acid groups (broad SMARTS) is 1. The van der Waals surface area contributed by atoms with Crippen LogP contribution in [0.25, 0.3) is 0 Å². The second kappa shape index (κ2) is 8.00. The minimum Gasteiger partial charge on any atom is -0.475 e. The van der Waals surface area contributed by atoms with Gasteiger partial charge in [0.15, 0.2) is 0 Å². The van der Waals surface area contributed by atoms with Crippen molar-refractivity contribution in [3.05, 3.63) is 24.2 Å². The lowest BCUT2D eigenvalue weighted by Gasteiger charge is -2.31. The van der Waals surface area contributed by atoms with E-state index in [1.165, 1.54) is 6.42 Å². The highest BCUT2D eigenvalue weighted by Crippen LogP contribution is 2.31. The standard InChI is InChI=1S/C13H19NO3.C2HF3O2/c1-15-12-9-14(8-10-4-2-6-16-10)11-5-3-7-17-13(11)12;3-2(4,5)1(6)7/h2,4,6,11-13H,3,5,7-9H2,1H3;(H,6,7)/t11-,12+,13+;/m1./s1. The second-order valence-corrected chi connectivity index (χ2v) is 5.63. The molecule has 0 amide bonds. The lowest BCUT2D eigenvalue weighted by Crippen LogP contribution is -2.41. The number of hydrogen-bond donors (Lipinski definition) is 1. The van der Waals surface area contributed by atoms with Crippen molar-refractivity contribution in [3.8, 4) is 0 Å². The lowest BCUT2D eigenvalue weighted by atomic mass is 10.0. The van der Waals surface area contributed by atoms with Gasteiger partial charge >= 0.3 is 12.1 Å². The maximum Gasteiger partial charge on any atom is 0.490 e. The quantitative estimate of drug-likeness (QED) is 0.901. The van der Waals surface area contributed by atoms with Gasteiger partial charge in [0.05, 0.1) is 18.9 Å². The van der Waals surface area contributed by atoms with Gasteiger partial charge in [-0.1, -0.05) is 0 Å². The number of nitrogens with zero attached hydrogens (tertiary/aromatic N) is 1. The van der Waals surface area contributed by atoms with E-state index in [4.69, 9.17) is 23.8 Å². The van der Waals surface area contributed by atoms with Crippen molar-refractivity contribution in [2.75, 3.05) is 20.3 Å². The molecule has 2 saturated heterocycles. The van der Waals surface area contributed by atoms with Gasteiger partial charge in [0.2, 0.25) is 0 Å². The molecule has 0 aromatic carbocycles. The summed E-state index contributed by atoms with van der Waals surface area (Å²) in [7, 11) is 1.77. The van der Waals surface area contributed by atoms with Crippen LogP contribution < -0.4 is 0 Å². The topological polar surface area (TPSA) is 72.1 Å². The van der Waals surface area contributed by atoms with Crippen LogP contribution in [0.2, 0.25) is 0 Å². The van der Waals surface area contributed by atoms with Gasteiger partial charge in [0.25, 0.3) is 0 Å². The van der Waals surface area contributed by atoms with Crippen LogP contribution in [0, 0.1) is 0 Å². The SMILES string of the molecule is CO[C@H]1CN(Cc2ccco2)[C@@H]2CCCO[C@H]12.O=C(O)C(F)(F)F. The van der Waals surface area contributed by atoms with Crippen molar-refractivity contribution in [2.24, 2.45) is 0 Å². The molecule has 2 aliphatic heterocycles. The van der Waals surface area contributed by atoms with Crippen LogP contribution >= 0.6 is 0 Å². The Labute approximate surface area is 137 Å². The number of alkyl halides is 3. The van der Waals surface area contributed by atoms with Crippen molar-refractivity contribution < 1.29 is 37.0 Å². The molecule has 3 atom stereocenters. The molecular weight excluding hydrogens is 331 g/mol. The van der Waals surface area contributed by atoms with Gasteiger partial charge < -0.3 is 19.0 Å². The van der Waals surface area contributed by atoms with Crippen molar-refractivity contribution in [2.45, 2.75) is 43.8 Å². The molecule has 2 aliphatic rings. The summed E-state index contributed by atoms with van der Waals surface area (Å²) < 4.78 is 48.5. The predicted molar refractivity (Wildman–Crippen MR) is 76.4 cm³/mol. The van der Waals surface area contributed by atoms with Crippen LogP contribution in [0.3, 0.4) is 0 Å². The zero-order valence-corrected chi connectivity index (χ0v) is 13.2. The summed E-state index contributed by atoms with van der Waals surface area (Å²) in [4.78, 5) is 11.3. The lowest BCUT2D eigenvalue weighted by molar-refractivity contribution is -0.192. The molecule has 136 valence electrons. The first-order chi connectivity index (χ1) is 11.3. The Morgan fingerprint density at radius 2 is 2.21 bits per heavy atom. The van der Waals surface area contributed by atoms with Gasteiger partial charge in [-0.15, -0.1) is 0 Å². The Bertz CT molecular complexity index is 520. The Kier molecular flexibility index (Phi) is 6.25. The van der Waals surface area contributed by atoms with E-state index in [2.05, 4.69) is 4.90 Å². The molecule has 0 unspecified atom stereocenters. The summed E-state index contributed by atoms with van der Waals surface area (Å²) in [5.41, 5.74) is 0. The number of halogens is 3. The number of furan rings is 1. The van der Waals surface area contributed by atoms with E-state index in [-0.39, 0.29) is 12.2 Å². The van der Waals surface area contributed by atoms with Gasteiger partial charge in [-0.25, -0.2) is 4.79 Å². The van der Waals surface area contributed by atoms with Crippen molar-refractivity contribution in [1.82, 2.24) is 4.90 Å². The molecule has 1 aromatic heterocycles. The Morgan fingerprint density at radius 1 is 1.50 bits per heavy atom. The molecule has 1 aromatic rings. The minimum absolute atomic E-state index is 0.204. The smallest absolute Gasteiger partial charge is 0.475 e. The van der Waals surface area contributed by atoms with Crippen molar-refractivity contribution in [3.63, 3.8) is 0 Å². The zero-order valence-electron chi connectivity index (χ0n) is 13.2. The highest BCUT2D eigenvalue weighted by atomic mass is 19.4. The number of carboxylic acids is 1. The molecule has 0 bridgehead atoms. The van der Waals surface area contributed by atoms with Gasteiger partial charge in [-0.2, -0.15) is 13.2 Å². The number of aliphatic carboxylic acids is 1. The van der Waals surface area contributed by atoms with E-state index in [1.807, 2.05) is 12.1 Å². The molecule has 3 rings (SSSR count). The molecule has 6 nitrogen and oxygen atoms in total. The highest BCUT2D eigenvalue weighted by molar-refractivity contribution is 5.73. The number of carbonyl (C=O) groups is 1. The molecule has 0 spiro atoms. The number of rotatable bonds is 3. The van der Waals surface area contributed by atoms with E-state index < -0.39 is 12.1 Å². The zero-order chi connectivity index (χ0) is 17.7. The van der Waals surface area contributed by atoms with Gasteiger partial charge in [0.1, 0.15) is 11.9 Å². The molecule has 9 heteroatoms. The van der Waals surface area contributed by atoms with Crippen LogP contribution in [0.5, 0.6) is 0 Å². The van der Waals surface area contributed by atoms with E-state index in [0.717, 1.165) is 31.9 Å². The van der Waals surface area contributed by atoms with E-state index in [9.17, 15) is 13.2 Å². The number of ether oxygens (including phenoxy) is 2. The molecule has 0 aliphatic carbocycles. The fourth-order valence-corrected chi connectivity index (χ4v) is 3.00. The van der Waals surface area contributed by atoms with Crippen LogP contribution in [0.1, 0.15) is 18.6 Å². The first-order valence-corrected chi connectivity index (χ1v) is 7.54. The largest absolute Gasteiger partial charge is 0.490 e. The van der Waals surface area contributed by atoms with Gasteiger partial charge in [-0.05, 0) is 25.0 Å². The predicted octanol–water partition coefficient (Wildman–Crippen LogP) is 2.29. The van der Waals surface area contributed by atoms with Crippen molar-refractivity contribution in [1.29, 1.82) is 0 Å². The van der Waals surface area contributed by atoms with E-state index in [1.54, 1.807) is 13.4 Å². The first-order valence-electron chi connectivity index (χ1n) is 7.54. The molecule has 0 radical (unpaired) electrons. The van der Waals surface area contributed by atoms with Crippen LogP contribution in [0.4, 0.5) is 13.2 Å². The molecular formula is C15H20F3NO5. The summed E-state index contributed by atoms with van der Waals surface area (Å²) in [5.74, 6) is -1.74. The molecule has 2 fully saturated rings. The van der Waals surface area contributed by atoms with Crippen LogP contribution in [0.15, 0.2) is 22.8 Å². The normalized spacial score (nSPS) is 27.2. The Morgan fingerprint density at radius 3 is 2.75 bits per heavy atom. The monoisotopic (exact) mass is 351 g/mol. The van der Waals surface area contributed by atoms with Gasteiger partial charge in [0, 0.05) is 26.3 Å². The Balaban J connectivity index is 0.000000256. The molecule has 1 N–H and O–H groups in total. The summed E-state index contributed by atoms with van der Waals surface area (Å²) in [6.07, 6.45) is -0.565. The summed E-state index contributed by atoms with van der Waals surface area (Å²) in [6, 6.07) is 4.45. The summed E-state index contributed by atoms with van der Waals surface area (Å²) >= 11 is 0. The number of methoxy groups -OCH3 is 1. The minimum atomic E-state index is -5.08. The fraction of sp³-hybridized carbons (Fsp3) is 0.667. The third-order valence-electron chi connectivity index (χ3n) is 4.07. The van der Waals surface area contributed by atoms with Crippen molar-refractivity contribution >= 4 is 5.97 Å². The van der Waals surface area contributed by atoms with Gasteiger partial charge in [-0.3, -0.25) is 4.90 Å². The van der Waals surface area contributed by atoms with Crippen LogP contribution in [-0.2, 0) is 20.8 Å². The Hall–Kier alpha value is -1.58. The average molecular weight is 351 g/mol. The van der Waals surface area contributed by atoms with E-state index in [0.29, 0.717) is 6.04 Å². The third kappa shape index (κ3) is 4.71. The van der Waals surface area contributed by atoms with Crippen LogP contribution in [-0.4, -0.2) is 60.7 Å². The number of hydrogen-bond acceptors (Lipinski definition) is 5. The first kappa shape index (κ1) is 18.8. The highest BCUT2D eigenvalue weighted by Gasteiger charge is 2.44. The maximum absolute atomic E-state index is 10.6. The third-order valence-corrected chi connectivity index (χ3v) is 4.07. The molecule has 3 heterocycles. The van der Waals surface area contributed by atoms with E-state index >= 15 is 0 Å². The fourth-order valence-electron chi connectivity index (χ4n) is 3.00. The second-order valence-electron chi connectivity index (χ2n) is 5.63. The number of fused-ring (bicyclic) bond motifs is 1. The average Bonchev–Trinajstić information content (AvgIpc) is 3.16. The summed E-state index contributed by atoms with van der Waals surface area (Å²) in [5, 5.41) is 7.12. The molecule has 24 heavy (non-hydrogen) atoms. The maximum atomic E-state index is 10.6.